The number of aliphatic carboxylic acids is 1. The van der Waals surface area contributed by atoms with Gasteiger partial charge in [-0.25, -0.2) is 0 Å². The van der Waals surface area contributed by atoms with E-state index in [4.69, 9.17) is 0 Å². The molecular weight excluding hydrogens is 218 g/mol. The summed E-state index contributed by atoms with van der Waals surface area (Å²) in [7, 11) is 0. The SMILES string of the molecule is CCC1(C(=O)O)CCCN(C(=O)C2CC2C)C1. The quantitative estimate of drug-likeness (QED) is 0.816. The van der Waals surface area contributed by atoms with E-state index >= 15 is 0 Å². The molecule has 4 heteroatoms. The third-order valence-electron chi connectivity index (χ3n) is 4.45. The molecule has 1 aliphatic carbocycles. The van der Waals surface area contributed by atoms with Crippen molar-refractivity contribution in [3.8, 4) is 0 Å². The van der Waals surface area contributed by atoms with E-state index < -0.39 is 11.4 Å². The number of likely N-dealkylation sites (tertiary alicyclic amines) is 1. The zero-order valence-electron chi connectivity index (χ0n) is 10.6. The first-order chi connectivity index (χ1) is 8.00. The minimum Gasteiger partial charge on any atom is -0.481 e. The van der Waals surface area contributed by atoms with Crippen LogP contribution in [0.25, 0.3) is 0 Å². The van der Waals surface area contributed by atoms with Crippen LogP contribution in [0.3, 0.4) is 0 Å². The Kier molecular flexibility index (Phi) is 3.15. The molecule has 2 aliphatic rings. The highest BCUT2D eigenvalue weighted by atomic mass is 16.4. The van der Waals surface area contributed by atoms with Crippen molar-refractivity contribution in [3.05, 3.63) is 0 Å². The molecule has 1 heterocycles. The summed E-state index contributed by atoms with van der Waals surface area (Å²) in [6.07, 6.45) is 3.09. The second kappa shape index (κ2) is 4.31. The first-order valence-electron chi connectivity index (χ1n) is 6.52. The van der Waals surface area contributed by atoms with Gasteiger partial charge >= 0.3 is 5.97 Å². The van der Waals surface area contributed by atoms with Gasteiger partial charge in [0, 0.05) is 19.0 Å². The molecule has 0 aromatic heterocycles. The van der Waals surface area contributed by atoms with Gasteiger partial charge in [-0.1, -0.05) is 13.8 Å². The third-order valence-corrected chi connectivity index (χ3v) is 4.45. The maximum Gasteiger partial charge on any atom is 0.311 e. The van der Waals surface area contributed by atoms with Crippen molar-refractivity contribution in [2.45, 2.75) is 39.5 Å². The number of rotatable bonds is 3. The fraction of sp³-hybridized carbons (Fsp3) is 0.846. The molecule has 0 aromatic rings. The van der Waals surface area contributed by atoms with Gasteiger partial charge in [-0.05, 0) is 31.6 Å². The van der Waals surface area contributed by atoms with Crippen molar-refractivity contribution in [3.63, 3.8) is 0 Å². The fourth-order valence-electron chi connectivity index (χ4n) is 2.83. The topological polar surface area (TPSA) is 57.6 Å². The van der Waals surface area contributed by atoms with Gasteiger partial charge in [0.2, 0.25) is 5.91 Å². The molecule has 1 N–H and O–H groups in total. The normalized spacial score (nSPS) is 36.7. The van der Waals surface area contributed by atoms with Crippen molar-refractivity contribution < 1.29 is 14.7 Å². The standard InChI is InChI=1S/C13H21NO3/c1-3-13(12(16)17)5-4-6-14(8-13)11(15)10-7-9(10)2/h9-10H,3-8H2,1-2H3,(H,16,17). The summed E-state index contributed by atoms with van der Waals surface area (Å²) in [5.41, 5.74) is -0.702. The molecular formula is C13H21NO3. The minimum absolute atomic E-state index is 0.163. The first kappa shape index (κ1) is 12.4. The van der Waals surface area contributed by atoms with E-state index in [1.807, 2.05) is 6.92 Å². The van der Waals surface area contributed by atoms with E-state index in [1.54, 1.807) is 4.90 Å². The summed E-state index contributed by atoms with van der Waals surface area (Å²) in [4.78, 5) is 25.3. The van der Waals surface area contributed by atoms with Crippen LogP contribution in [0.4, 0.5) is 0 Å². The summed E-state index contributed by atoms with van der Waals surface area (Å²) in [6, 6.07) is 0. The summed E-state index contributed by atoms with van der Waals surface area (Å²) >= 11 is 0. The number of hydrogen-bond donors (Lipinski definition) is 1. The Morgan fingerprint density at radius 3 is 2.59 bits per heavy atom. The highest BCUT2D eigenvalue weighted by Crippen LogP contribution is 2.41. The Balaban J connectivity index is 2.06. The Bertz CT molecular complexity index is 342. The number of piperidine rings is 1. The van der Waals surface area contributed by atoms with E-state index in [2.05, 4.69) is 6.92 Å². The van der Waals surface area contributed by atoms with Crippen molar-refractivity contribution in [1.29, 1.82) is 0 Å². The maximum atomic E-state index is 12.1. The highest BCUT2D eigenvalue weighted by molar-refractivity contribution is 5.83. The van der Waals surface area contributed by atoms with Crippen LogP contribution in [0.2, 0.25) is 0 Å². The first-order valence-corrected chi connectivity index (χ1v) is 6.52. The monoisotopic (exact) mass is 239 g/mol. The summed E-state index contributed by atoms with van der Waals surface area (Å²) < 4.78 is 0. The zero-order chi connectivity index (χ0) is 12.6. The van der Waals surface area contributed by atoms with E-state index in [0.29, 0.717) is 25.3 Å². The number of carbonyl (C=O) groups excluding carboxylic acids is 1. The third kappa shape index (κ3) is 2.17. The summed E-state index contributed by atoms with van der Waals surface area (Å²) in [5.74, 6) is 0.0827. The lowest BCUT2D eigenvalue weighted by atomic mass is 9.77. The molecule has 17 heavy (non-hydrogen) atoms. The molecule has 2 fully saturated rings. The zero-order valence-corrected chi connectivity index (χ0v) is 10.6. The highest BCUT2D eigenvalue weighted by Gasteiger charge is 2.47. The van der Waals surface area contributed by atoms with Crippen LogP contribution in [-0.2, 0) is 9.59 Å². The molecule has 1 amide bonds. The smallest absolute Gasteiger partial charge is 0.311 e. The van der Waals surface area contributed by atoms with Gasteiger partial charge in [-0.3, -0.25) is 9.59 Å². The van der Waals surface area contributed by atoms with Gasteiger partial charge in [0.15, 0.2) is 0 Å². The second-order valence-electron chi connectivity index (χ2n) is 5.62. The number of nitrogens with zero attached hydrogens (tertiary/aromatic N) is 1. The van der Waals surface area contributed by atoms with Gasteiger partial charge in [0.25, 0.3) is 0 Å². The number of amides is 1. The molecule has 2 rings (SSSR count). The molecule has 1 saturated carbocycles. The van der Waals surface area contributed by atoms with Gasteiger partial charge in [-0.2, -0.15) is 0 Å². The average molecular weight is 239 g/mol. The Morgan fingerprint density at radius 2 is 2.12 bits per heavy atom. The molecule has 3 unspecified atom stereocenters. The van der Waals surface area contributed by atoms with E-state index in [0.717, 1.165) is 19.4 Å². The maximum absolute atomic E-state index is 12.1. The Hall–Kier alpha value is -1.06. The predicted molar refractivity (Wildman–Crippen MR) is 63.4 cm³/mol. The lowest BCUT2D eigenvalue weighted by molar-refractivity contribution is -0.155. The van der Waals surface area contributed by atoms with Crippen molar-refractivity contribution in [2.24, 2.45) is 17.3 Å². The molecule has 0 bridgehead atoms. The molecule has 0 aromatic carbocycles. The van der Waals surface area contributed by atoms with Crippen molar-refractivity contribution in [2.75, 3.05) is 13.1 Å². The van der Waals surface area contributed by atoms with Crippen molar-refractivity contribution in [1.82, 2.24) is 4.90 Å². The number of carboxylic acid groups (broad SMARTS) is 1. The minimum atomic E-state index is -0.749. The molecule has 1 saturated heterocycles. The van der Waals surface area contributed by atoms with E-state index in [9.17, 15) is 14.7 Å². The lowest BCUT2D eigenvalue weighted by Crippen LogP contribution is -2.50. The Morgan fingerprint density at radius 1 is 1.47 bits per heavy atom. The summed E-state index contributed by atoms with van der Waals surface area (Å²) in [6.45, 7) is 5.12. The number of carbonyl (C=O) groups is 2. The molecule has 1 aliphatic heterocycles. The van der Waals surface area contributed by atoms with Crippen molar-refractivity contribution >= 4 is 11.9 Å². The molecule has 0 radical (unpaired) electrons. The summed E-state index contributed by atoms with van der Waals surface area (Å²) in [5, 5.41) is 9.36. The van der Waals surface area contributed by atoms with Crippen LogP contribution in [0.1, 0.15) is 39.5 Å². The number of hydrogen-bond acceptors (Lipinski definition) is 2. The van der Waals surface area contributed by atoms with E-state index in [1.165, 1.54) is 0 Å². The lowest BCUT2D eigenvalue weighted by Gasteiger charge is -2.39. The van der Waals surface area contributed by atoms with Crippen LogP contribution in [0, 0.1) is 17.3 Å². The Labute approximate surface area is 102 Å². The van der Waals surface area contributed by atoms with Crippen LogP contribution >= 0.6 is 0 Å². The predicted octanol–water partition coefficient (Wildman–Crippen LogP) is 1.75. The fourth-order valence-corrected chi connectivity index (χ4v) is 2.83. The average Bonchev–Trinajstić information content (AvgIpc) is 3.05. The molecule has 0 spiro atoms. The molecule has 4 nitrogen and oxygen atoms in total. The van der Waals surface area contributed by atoms with Crippen LogP contribution in [0.15, 0.2) is 0 Å². The van der Waals surface area contributed by atoms with Gasteiger partial charge in [-0.15, -0.1) is 0 Å². The van der Waals surface area contributed by atoms with Gasteiger partial charge in [0.05, 0.1) is 5.41 Å². The van der Waals surface area contributed by atoms with Gasteiger partial charge < -0.3 is 10.0 Å². The van der Waals surface area contributed by atoms with Crippen LogP contribution < -0.4 is 0 Å². The van der Waals surface area contributed by atoms with Crippen LogP contribution in [0.5, 0.6) is 0 Å². The van der Waals surface area contributed by atoms with E-state index in [-0.39, 0.29) is 11.8 Å². The number of carboxylic acids is 1. The molecule has 3 atom stereocenters. The second-order valence-corrected chi connectivity index (χ2v) is 5.62. The van der Waals surface area contributed by atoms with Gasteiger partial charge in [0.1, 0.15) is 0 Å². The largest absolute Gasteiger partial charge is 0.481 e. The van der Waals surface area contributed by atoms with Crippen LogP contribution in [-0.4, -0.2) is 35.0 Å². The molecule has 96 valence electrons.